The molecular formula is C15H23NO2. The van der Waals surface area contributed by atoms with Gasteiger partial charge in [-0.3, -0.25) is 0 Å². The second-order valence-corrected chi connectivity index (χ2v) is 5.23. The molecule has 2 unspecified atom stereocenters. The van der Waals surface area contributed by atoms with Gasteiger partial charge < -0.3 is 15.2 Å². The molecule has 3 nitrogen and oxygen atoms in total. The highest BCUT2D eigenvalue weighted by Gasteiger charge is 2.35. The van der Waals surface area contributed by atoms with E-state index in [0.29, 0.717) is 0 Å². The van der Waals surface area contributed by atoms with Crippen molar-refractivity contribution in [1.29, 1.82) is 0 Å². The molecule has 0 radical (unpaired) electrons. The number of aliphatic hydroxyl groups excluding tert-OH is 1. The minimum Gasteiger partial charge on any atom is -0.394 e. The van der Waals surface area contributed by atoms with Gasteiger partial charge in [0, 0.05) is 19.2 Å². The summed E-state index contributed by atoms with van der Waals surface area (Å²) in [5.74, 6) is 0. The number of methoxy groups -OCH3 is 1. The van der Waals surface area contributed by atoms with Crippen LogP contribution in [0.1, 0.15) is 31.2 Å². The lowest BCUT2D eigenvalue weighted by atomic mass is 9.80. The van der Waals surface area contributed by atoms with Crippen molar-refractivity contribution < 1.29 is 9.84 Å². The molecule has 0 aliphatic heterocycles. The molecule has 1 aromatic carbocycles. The van der Waals surface area contributed by atoms with E-state index < -0.39 is 0 Å². The average molecular weight is 249 g/mol. The molecule has 1 saturated carbocycles. The molecule has 1 fully saturated rings. The van der Waals surface area contributed by atoms with E-state index >= 15 is 0 Å². The van der Waals surface area contributed by atoms with Crippen molar-refractivity contribution >= 4 is 0 Å². The third-order valence-corrected chi connectivity index (χ3v) is 3.95. The summed E-state index contributed by atoms with van der Waals surface area (Å²) < 4.78 is 5.45. The van der Waals surface area contributed by atoms with Crippen molar-refractivity contribution in [2.75, 3.05) is 13.7 Å². The molecule has 0 saturated heterocycles. The highest BCUT2D eigenvalue weighted by atomic mass is 16.5. The summed E-state index contributed by atoms with van der Waals surface area (Å²) in [7, 11) is 1.76. The molecule has 0 spiro atoms. The van der Waals surface area contributed by atoms with Crippen LogP contribution in [-0.2, 0) is 11.3 Å². The number of ether oxygens (including phenoxy) is 1. The van der Waals surface area contributed by atoms with Crippen LogP contribution in [0.5, 0.6) is 0 Å². The third-order valence-electron chi connectivity index (χ3n) is 3.95. The fourth-order valence-electron chi connectivity index (χ4n) is 2.75. The molecule has 0 heterocycles. The summed E-state index contributed by atoms with van der Waals surface area (Å²) >= 11 is 0. The molecule has 1 aliphatic rings. The van der Waals surface area contributed by atoms with Crippen LogP contribution in [0.2, 0.25) is 0 Å². The average Bonchev–Trinajstić information content (AvgIpc) is 2.46. The van der Waals surface area contributed by atoms with E-state index in [4.69, 9.17) is 4.74 Å². The first-order valence-corrected chi connectivity index (χ1v) is 6.71. The van der Waals surface area contributed by atoms with Gasteiger partial charge >= 0.3 is 0 Å². The molecule has 1 aliphatic carbocycles. The molecule has 100 valence electrons. The quantitative estimate of drug-likeness (QED) is 0.839. The summed E-state index contributed by atoms with van der Waals surface area (Å²) in [5.41, 5.74) is 1.08. The molecule has 18 heavy (non-hydrogen) atoms. The van der Waals surface area contributed by atoms with Gasteiger partial charge in [-0.1, -0.05) is 30.3 Å². The summed E-state index contributed by atoms with van der Waals surface area (Å²) in [6.07, 6.45) is 4.41. The Balaban J connectivity index is 1.95. The van der Waals surface area contributed by atoms with Gasteiger partial charge in [0.1, 0.15) is 0 Å². The van der Waals surface area contributed by atoms with Crippen molar-refractivity contribution in [3.05, 3.63) is 35.9 Å². The van der Waals surface area contributed by atoms with Gasteiger partial charge in [0.05, 0.1) is 12.7 Å². The largest absolute Gasteiger partial charge is 0.394 e. The van der Waals surface area contributed by atoms with Crippen molar-refractivity contribution in [3.8, 4) is 0 Å². The lowest BCUT2D eigenvalue weighted by molar-refractivity contribution is 0.00908. The Morgan fingerprint density at radius 2 is 2.17 bits per heavy atom. The number of aliphatic hydroxyl groups is 1. The van der Waals surface area contributed by atoms with E-state index in [1.807, 2.05) is 18.2 Å². The van der Waals surface area contributed by atoms with Gasteiger partial charge in [0.25, 0.3) is 0 Å². The summed E-state index contributed by atoms with van der Waals surface area (Å²) in [6.45, 7) is 0.984. The third kappa shape index (κ3) is 3.31. The van der Waals surface area contributed by atoms with Gasteiger partial charge in [0.15, 0.2) is 0 Å². The van der Waals surface area contributed by atoms with E-state index in [-0.39, 0.29) is 18.2 Å². The van der Waals surface area contributed by atoms with Crippen LogP contribution in [0.3, 0.4) is 0 Å². The Hall–Kier alpha value is -0.900. The van der Waals surface area contributed by atoms with E-state index in [9.17, 15) is 5.11 Å². The van der Waals surface area contributed by atoms with Gasteiger partial charge in [0.2, 0.25) is 0 Å². The summed E-state index contributed by atoms with van der Waals surface area (Å²) in [4.78, 5) is 0. The summed E-state index contributed by atoms with van der Waals surface area (Å²) in [6, 6.07) is 10.3. The lowest BCUT2D eigenvalue weighted by Gasteiger charge is -2.40. The van der Waals surface area contributed by atoms with Gasteiger partial charge in [-0.15, -0.1) is 0 Å². The van der Waals surface area contributed by atoms with Crippen molar-refractivity contribution in [2.24, 2.45) is 0 Å². The van der Waals surface area contributed by atoms with Gasteiger partial charge in [-0.2, -0.15) is 0 Å². The maximum Gasteiger partial charge on any atom is 0.0614 e. The molecule has 0 aromatic heterocycles. The monoisotopic (exact) mass is 249 g/mol. The van der Waals surface area contributed by atoms with Crippen LogP contribution in [-0.4, -0.2) is 30.5 Å². The zero-order valence-corrected chi connectivity index (χ0v) is 11.1. The molecule has 1 aromatic rings. The molecule has 2 N–H and O–H groups in total. The number of benzene rings is 1. The zero-order valence-electron chi connectivity index (χ0n) is 11.1. The van der Waals surface area contributed by atoms with E-state index in [1.165, 1.54) is 5.56 Å². The van der Waals surface area contributed by atoms with E-state index in [0.717, 1.165) is 32.2 Å². The standard InChI is InChI=1S/C15H23NO2/c1-18-14-8-5-9-15(10-14,12-17)16-11-13-6-3-2-4-7-13/h2-4,6-7,14,16-17H,5,8-12H2,1H3. The first kappa shape index (κ1) is 13.5. The van der Waals surface area contributed by atoms with Crippen molar-refractivity contribution in [3.63, 3.8) is 0 Å². The normalized spacial score (nSPS) is 28.2. The zero-order chi connectivity index (χ0) is 12.8. The minimum atomic E-state index is -0.172. The Morgan fingerprint density at radius 1 is 1.39 bits per heavy atom. The molecule has 2 rings (SSSR count). The van der Waals surface area contributed by atoms with Crippen molar-refractivity contribution in [2.45, 2.75) is 43.9 Å². The SMILES string of the molecule is COC1CCCC(CO)(NCc2ccccc2)C1. The first-order valence-electron chi connectivity index (χ1n) is 6.71. The maximum absolute atomic E-state index is 9.71. The highest BCUT2D eigenvalue weighted by molar-refractivity contribution is 5.15. The molecule has 3 heteroatoms. The predicted molar refractivity (Wildman–Crippen MR) is 72.4 cm³/mol. The second-order valence-electron chi connectivity index (χ2n) is 5.23. The van der Waals surface area contributed by atoms with Crippen LogP contribution in [0.25, 0.3) is 0 Å². The summed E-state index contributed by atoms with van der Waals surface area (Å²) in [5, 5.41) is 13.3. The smallest absolute Gasteiger partial charge is 0.0614 e. The Bertz CT molecular complexity index is 355. The van der Waals surface area contributed by atoms with Gasteiger partial charge in [-0.05, 0) is 31.2 Å². The van der Waals surface area contributed by atoms with Crippen molar-refractivity contribution in [1.82, 2.24) is 5.32 Å². The van der Waals surface area contributed by atoms with Crippen LogP contribution < -0.4 is 5.32 Å². The fourth-order valence-corrected chi connectivity index (χ4v) is 2.75. The predicted octanol–water partition coefficient (Wildman–Crippen LogP) is 2.10. The number of hydrogen-bond acceptors (Lipinski definition) is 3. The van der Waals surface area contributed by atoms with Gasteiger partial charge in [-0.25, -0.2) is 0 Å². The Labute approximate surface area is 109 Å². The molecule has 2 atom stereocenters. The number of hydrogen-bond donors (Lipinski definition) is 2. The second kappa shape index (κ2) is 6.32. The van der Waals surface area contributed by atoms with E-state index in [1.54, 1.807) is 7.11 Å². The lowest BCUT2D eigenvalue weighted by Crippen LogP contribution is -2.52. The molecule has 0 bridgehead atoms. The van der Waals surface area contributed by atoms with Crippen LogP contribution >= 0.6 is 0 Å². The number of nitrogens with one attached hydrogen (secondary N) is 1. The number of rotatable bonds is 5. The Kier molecular flexibility index (Phi) is 4.75. The first-order chi connectivity index (χ1) is 8.78. The molecular weight excluding hydrogens is 226 g/mol. The van der Waals surface area contributed by atoms with Crippen LogP contribution in [0, 0.1) is 0 Å². The maximum atomic E-state index is 9.71. The van der Waals surface area contributed by atoms with Crippen LogP contribution in [0.4, 0.5) is 0 Å². The fraction of sp³-hybridized carbons (Fsp3) is 0.600. The topological polar surface area (TPSA) is 41.5 Å². The highest BCUT2D eigenvalue weighted by Crippen LogP contribution is 2.30. The van der Waals surface area contributed by atoms with Crippen LogP contribution in [0.15, 0.2) is 30.3 Å². The molecule has 0 amide bonds. The minimum absolute atomic E-state index is 0.172. The van der Waals surface area contributed by atoms with E-state index in [2.05, 4.69) is 17.4 Å². The Morgan fingerprint density at radius 3 is 2.83 bits per heavy atom.